The average molecular weight is 951 g/mol. The first-order valence-electron chi connectivity index (χ1n) is 22.3. The van der Waals surface area contributed by atoms with Gasteiger partial charge in [-0.05, 0) is 146 Å². The number of nitrogens with one attached hydrogen (secondary N) is 2. The number of benzene rings is 4. The molecule has 2 aliphatic carbocycles. The highest BCUT2D eigenvalue weighted by Gasteiger charge is 2.37. The second-order valence-corrected chi connectivity index (χ2v) is 19.5. The Morgan fingerprint density at radius 2 is 0.926 bits per heavy atom. The SMILES string of the molecule is COC(=O)c1ccc2c(c1)nc(Nc1ccc(OC(F)(F)F)cc1)n2[C@@H]1C[C@H](C)CC(C)(C)C1.COC(=O)c1ccc2c(c1)nc(Nc1ccc(OC(F)(F)F)cc1)n2[C@H]1C[C@@H](C)CC(C)(C)C1. The minimum atomic E-state index is -4.75. The minimum absolute atomic E-state index is 0.152. The molecule has 2 aromatic heterocycles. The van der Waals surface area contributed by atoms with Gasteiger partial charge in [0.05, 0.1) is 47.4 Å². The molecule has 12 nitrogen and oxygen atoms in total. The summed E-state index contributed by atoms with van der Waals surface area (Å²) in [5.41, 5.74) is 5.28. The van der Waals surface area contributed by atoms with Crippen molar-refractivity contribution in [1.29, 1.82) is 0 Å². The van der Waals surface area contributed by atoms with E-state index in [-0.39, 0.29) is 34.4 Å². The van der Waals surface area contributed by atoms with Crippen molar-refractivity contribution in [1.82, 2.24) is 19.1 Å². The van der Waals surface area contributed by atoms with Crippen LogP contribution in [0.3, 0.4) is 0 Å². The highest BCUT2D eigenvalue weighted by Crippen LogP contribution is 2.48. The summed E-state index contributed by atoms with van der Waals surface area (Å²) in [6, 6.07) is 22.0. The van der Waals surface area contributed by atoms with Crippen LogP contribution in [0.25, 0.3) is 22.1 Å². The third-order valence-corrected chi connectivity index (χ3v) is 12.4. The Labute approximate surface area is 390 Å². The zero-order valence-corrected chi connectivity index (χ0v) is 39.1. The summed E-state index contributed by atoms with van der Waals surface area (Å²) >= 11 is 0. The molecule has 364 valence electrons. The summed E-state index contributed by atoms with van der Waals surface area (Å²) in [6.07, 6.45) is -3.38. The molecule has 0 spiro atoms. The topological polar surface area (TPSA) is 131 Å². The number of anilines is 4. The van der Waals surface area contributed by atoms with Crippen LogP contribution in [0.2, 0.25) is 0 Å². The molecule has 2 N–H and O–H groups in total. The van der Waals surface area contributed by atoms with Crippen LogP contribution >= 0.6 is 0 Å². The average Bonchev–Trinajstić information content (AvgIpc) is 3.78. The first-order valence-corrected chi connectivity index (χ1v) is 22.3. The number of imidazole rings is 2. The van der Waals surface area contributed by atoms with E-state index in [1.807, 2.05) is 12.1 Å². The van der Waals surface area contributed by atoms with Crippen LogP contribution in [-0.4, -0.2) is 58.0 Å². The second-order valence-electron chi connectivity index (χ2n) is 19.5. The maximum Gasteiger partial charge on any atom is 0.573 e. The summed E-state index contributed by atoms with van der Waals surface area (Å²) in [5.74, 6) is 0.693. The number of aromatic nitrogens is 4. The molecule has 0 unspecified atom stereocenters. The Hall–Kier alpha value is -6.46. The highest BCUT2D eigenvalue weighted by atomic mass is 19.4. The van der Waals surface area contributed by atoms with Gasteiger partial charge in [0.15, 0.2) is 0 Å². The molecule has 6 aromatic rings. The van der Waals surface area contributed by atoms with E-state index in [4.69, 9.17) is 19.4 Å². The van der Waals surface area contributed by atoms with Crippen molar-refractivity contribution < 1.29 is 54.9 Å². The van der Waals surface area contributed by atoms with Crippen molar-refractivity contribution >= 4 is 57.3 Å². The molecule has 68 heavy (non-hydrogen) atoms. The van der Waals surface area contributed by atoms with Crippen molar-refractivity contribution in [3.05, 3.63) is 96.1 Å². The van der Waals surface area contributed by atoms with Gasteiger partial charge in [-0.1, -0.05) is 41.5 Å². The predicted octanol–water partition coefficient (Wildman–Crippen LogP) is 13.7. The van der Waals surface area contributed by atoms with Gasteiger partial charge in [-0.15, -0.1) is 26.3 Å². The summed E-state index contributed by atoms with van der Waals surface area (Å²) in [6.45, 7) is 13.5. The molecule has 0 aliphatic heterocycles. The molecule has 0 bridgehead atoms. The molecule has 4 aromatic carbocycles. The maximum atomic E-state index is 12.5. The van der Waals surface area contributed by atoms with Crippen molar-refractivity contribution in [2.75, 3.05) is 24.9 Å². The van der Waals surface area contributed by atoms with Crippen molar-refractivity contribution in [2.24, 2.45) is 22.7 Å². The van der Waals surface area contributed by atoms with E-state index >= 15 is 0 Å². The van der Waals surface area contributed by atoms with E-state index in [9.17, 15) is 35.9 Å². The molecule has 2 saturated carbocycles. The highest BCUT2D eigenvalue weighted by molar-refractivity contribution is 5.95. The molecule has 2 heterocycles. The molecule has 4 atom stereocenters. The lowest BCUT2D eigenvalue weighted by molar-refractivity contribution is -0.275. The van der Waals surface area contributed by atoms with E-state index in [0.29, 0.717) is 57.3 Å². The number of carbonyl (C=O) groups excluding carboxylic acids is 2. The summed E-state index contributed by atoms with van der Waals surface area (Å²) in [5, 5.41) is 6.51. The monoisotopic (exact) mass is 950 g/mol. The lowest BCUT2D eigenvalue weighted by Gasteiger charge is -2.40. The van der Waals surface area contributed by atoms with Crippen LogP contribution in [0.4, 0.5) is 49.6 Å². The molecule has 0 amide bonds. The third kappa shape index (κ3) is 12.2. The standard InChI is InChI=1S/2C25H28F3N3O3/c2*1-15-11-18(14-24(2,3)13-15)31-21-10-5-16(22(32)33-4)12-20(21)30-23(31)29-17-6-8-19(9-7-17)34-25(26,27)28/h2*5-10,12,15,18H,11,13-14H2,1-4H3,(H,29,30)/t2*15-,18+/m10/s1. The van der Waals surface area contributed by atoms with Crippen LogP contribution in [0.15, 0.2) is 84.9 Å². The first-order chi connectivity index (χ1) is 31.9. The summed E-state index contributed by atoms with van der Waals surface area (Å²) in [4.78, 5) is 33.6. The number of methoxy groups -OCH3 is 2. The fourth-order valence-electron chi connectivity index (χ4n) is 10.3. The number of hydrogen-bond acceptors (Lipinski definition) is 10. The molecule has 0 saturated heterocycles. The maximum absolute atomic E-state index is 12.5. The number of rotatable bonds is 10. The van der Waals surface area contributed by atoms with Crippen LogP contribution in [-0.2, 0) is 9.47 Å². The number of fused-ring (bicyclic) bond motifs is 2. The largest absolute Gasteiger partial charge is 0.573 e. The van der Waals surface area contributed by atoms with Gasteiger partial charge in [-0.3, -0.25) is 0 Å². The van der Waals surface area contributed by atoms with Crippen molar-refractivity contribution in [2.45, 2.75) is 105 Å². The van der Waals surface area contributed by atoms with E-state index in [1.165, 1.54) is 62.8 Å². The Morgan fingerprint density at radius 1 is 0.574 bits per heavy atom. The fraction of sp³-hybridized carbons (Fsp3) is 0.440. The molecule has 8 rings (SSSR count). The molecule has 2 aliphatic rings. The van der Waals surface area contributed by atoms with Crippen molar-refractivity contribution in [3.8, 4) is 11.5 Å². The number of esters is 2. The van der Waals surface area contributed by atoms with Gasteiger partial charge in [0.25, 0.3) is 0 Å². The smallest absolute Gasteiger partial charge is 0.465 e. The molecule has 2 fully saturated rings. The van der Waals surface area contributed by atoms with Crippen molar-refractivity contribution in [3.63, 3.8) is 0 Å². The van der Waals surface area contributed by atoms with Crippen LogP contribution in [0, 0.1) is 22.7 Å². The zero-order chi connectivity index (χ0) is 49.3. The predicted molar refractivity (Wildman–Crippen MR) is 247 cm³/mol. The Bertz CT molecular complexity index is 2560. The number of carbonyl (C=O) groups is 2. The first kappa shape index (κ1) is 49.4. The van der Waals surface area contributed by atoms with Crippen LogP contribution in [0.5, 0.6) is 11.5 Å². The summed E-state index contributed by atoms with van der Waals surface area (Å²) < 4.78 is 96.8. The van der Waals surface area contributed by atoms with E-state index in [0.717, 1.165) is 49.6 Å². The number of halogens is 6. The minimum Gasteiger partial charge on any atom is -0.465 e. The number of nitrogens with zero attached hydrogens (tertiary/aromatic N) is 4. The number of alkyl halides is 6. The van der Waals surface area contributed by atoms with Gasteiger partial charge in [-0.25, -0.2) is 19.6 Å². The normalized spacial score (nSPS) is 20.2. The molecular formula is C50H56F6N6O6. The van der Waals surface area contributed by atoms with Gasteiger partial charge in [0.1, 0.15) is 11.5 Å². The van der Waals surface area contributed by atoms with Crippen LogP contribution < -0.4 is 20.1 Å². The quantitative estimate of drug-likeness (QED) is 0.101. The Kier molecular flexibility index (Phi) is 14.0. The van der Waals surface area contributed by atoms with E-state index in [1.54, 1.807) is 24.3 Å². The Balaban J connectivity index is 0.000000201. The third-order valence-electron chi connectivity index (χ3n) is 12.4. The lowest BCUT2D eigenvalue weighted by Crippen LogP contribution is -2.29. The number of ether oxygens (including phenoxy) is 4. The zero-order valence-electron chi connectivity index (χ0n) is 39.1. The lowest BCUT2D eigenvalue weighted by atomic mass is 9.70. The fourth-order valence-corrected chi connectivity index (χ4v) is 10.3. The van der Waals surface area contributed by atoms with Gasteiger partial charge < -0.3 is 38.7 Å². The molecule has 18 heteroatoms. The molecular weight excluding hydrogens is 895 g/mol. The van der Waals surface area contributed by atoms with Gasteiger partial charge >= 0.3 is 24.7 Å². The van der Waals surface area contributed by atoms with Gasteiger partial charge in [-0.2, -0.15) is 0 Å². The van der Waals surface area contributed by atoms with Crippen LogP contribution in [0.1, 0.15) is 113 Å². The van der Waals surface area contributed by atoms with Gasteiger partial charge in [0, 0.05) is 23.5 Å². The number of hydrogen-bond donors (Lipinski definition) is 2. The summed E-state index contributed by atoms with van der Waals surface area (Å²) in [7, 11) is 2.66. The van der Waals surface area contributed by atoms with Gasteiger partial charge in [0.2, 0.25) is 11.9 Å². The molecule has 0 radical (unpaired) electrons. The Morgan fingerprint density at radius 3 is 1.24 bits per heavy atom. The van der Waals surface area contributed by atoms with E-state index in [2.05, 4.69) is 70.8 Å². The second kappa shape index (κ2) is 19.3. The van der Waals surface area contributed by atoms with E-state index < -0.39 is 24.7 Å².